The van der Waals surface area contributed by atoms with Gasteiger partial charge in [0.25, 0.3) is 0 Å². The number of nitrogens with zero attached hydrogens (tertiary/aromatic N) is 2. The highest BCUT2D eigenvalue weighted by molar-refractivity contribution is 6.31. The van der Waals surface area contributed by atoms with Gasteiger partial charge in [0.1, 0.15) is 6.61 Å². The molecule has 0 aliphatic heterocycles. The lowest BCUT2D eigenvalue weighted by atomic mass is 9.93. The molecule has 0 saturated carbocycles. The molecule has 2 aromatic rings. The fourth-order valence-corrected chi connectivity index (χ4v) is 3.15. The molecule has 122 valence electrons. The zero-order chi connectivity index (χ0) is 16.2. The van der Waals surface area contributed by atoms with Gasteiger partial charge in [-0.25, -0.2) is 0 Å². The Labute approximate surface area is 140 Å². The fourth-order valence-electron chi connectivity index (χ4n) is 2.96. The first kappa shape index (κ1) is 16.0. The minimum absolute atomic E-state index is 0.0251. The Morgan fingerprint density at radius 2 is 2.30 bits per heavy atom. The van der Waals surface area contributed by atoms with E-state index in [0.29, 0.717) is 11.6 Å². The highest BCUT2D eigenvalue weighted by Gasteiger charge is 2.24. The zero-order valence-electron chi connectivity index (χ0n) is 13.1. The molecule has 1 atom stereocenters. The average Bonchev–Trinajstić information content (AvgIpc) is 2.92. The molecule has 1 amide bonds. The molecule has 0 saturated heterocycles. The Kier molecular flexibility index (Phi) is 4.98. The van der Waals surface area contributed by atoms with Crippen molar-refractivity contribution in [1.29, 1.82) is 0 Å². The molecule has 3 rings (SSSR count). The maximum Gasteiger partial charge on any atom is 0.246 e. The second-order valence-corrected chi connectivity index (χ2v) is 6.17. The Hall–Kier alpha value is -1.85. The molecule has 0 bridgehead atoms. The van der Waals surface area contributed by atoms with Crippen LogP contribution >= 0.6 is 11.6 Å². The number of halogens is 1. The summed E-state index contributed by atoms with van der Waals surface area (Å²) in [6, 6.07) is 7.50. The number of nitrogens with one attached hydrogen (secondary N) is 1. The molecule has 1 aliphatic rings. The summed E-state index contributed by atoms with van der Waals surface area (Å²) >= 11 is 6.06. The Morgan fingerprint density at radius 1 is 1.48 bits per heavy atom. The maximum absolute atomic E-state index is 12.1. The number of amides is 1. The number of hydrogen-bond acceptors (Lipinski definition) is 3. The number of carbonyl (C=O) groups is 1. The predicted octanol–water partition coefficient (Wildman–Crippen LogP) is 2.78. The molecule has 5 nitrogen and oxygen atoms in total. The quantitative estimate of drug-likeness (QED) is 0.915. The van der Waals surface area contributed by atoms with E-state index in [1.54, 1.807) is 0 Å². The van der Waals surface area contributed by atoms with Crippen LogP contribution in [0.3, 0.4) is 0 Å². The van der Waals surface area contributed by atoms with E-state index in [0.717, 1.165) is 30.4 Å². The van der Waals surface area contributed by atoms with Gasteiger partial charge in [0.05, 0.1) is 18.8 Å². The topological polar surface area (TPSA) is 56.2 Å². The van der Waals surface area contributed by atoms with Crippen LogP contribution in [0.5, 0.6) is 0 Å². The summed E-state index contributed by atoms with van der Waals surface area (Å²) in [4.78, 5) is 12.1. The van der Waals surface area contributed by atoms with Crippen LogP contribution in [0.4, 0.5) is 0 Å². The third-order valence-corrected chi connectivity index (χ3v) is 4.53. The molecule has 0 fully saturated rings. The number of hydrogen-bond donors (Lipinski definition) is 1. The van der Waals surface area contributed by atoms with Crippen LogP contribution in [0.2, 0.25) is 5.02 Å². The van der Waals surface area contributed by atoms with E-state index in [1.807, 2.05) is 42.2 Å². The van der Waals surface area contributed by atoms with E-state index in [-0.39, 0.29) is 18.6 Å². The molecule has 1 N–H and O–H groups in total. The van der Waals surface area contributed by atoms with E-state index >= 15 is 0 Å². The van der Waals surface area contributed by atoms with Crippen molar-refractivity contribution in [3.63, 3.8) is 0 Å². The Morgan fingerprint density at radius 3 is 3.13 bits per heavy atom. The van der Waals surface area contributed by atoms with Crippen LogP contribution in [-0.2, 0) is 29.6 Å². The van der Waals surface area contributed by atoms with Gasteiger partial charge in [-0.05, 0) is 30.9 Å². The number of ether oxygens (including phenoxy) is 1. The van der Waals surface area contributed by atoms with Gasteiger partial charge in [0.2, 0.25) is 5.91 Å². The first-order valence-electron chi connectivity index (χ1n) is 7.76. The van der Waals surface area contributed by atoms with Crippen LogP contribution in [0.25, 0.3) is 0 Å². The molecule has 0 spiro atoms. The summed E-state index contributed by atoms with van der Waals surface area (Å²) in [7, 11) is 1.94. The highest BCUT2D eigenvalue weighted by Crippen LogP contribution is 2.29. The van der Waals surface area contributed by atoms with Crippen molar-refractivity contribution < 1.29 is 9.53 Å². The Balaban J connectivity index is 1.51. The average molecular weight is 334 g/mol. The molecular formula is C17H20ClN3O2. The number of aromatic nitrogens is 2. The molecule has 1 heterocycles. The van der Waals surface area contributed by atoms with Gasteiger partial charge in [-0.1, -0.05) is 29.8 Å². The minimum atomic E-state index is -0.112. The first-order valence-corrected chi connectivity index (χ1v) is 8.14. The lowest BCUT2D eigenvalue weighted by Crippen LogP contribution is -2.33. The predicted molar refractivity (Wildman–Crippen MR) is 88.1 cm³/mol. The molecule has 1 aromatic carbocycles. The Bertz CT molecular complexity index is 699. The molecule has 0 radical (unpaired) electrons. The summed E-state index contributed by atoms with van der Waals surface area (Å²) < 4.78 is 7.37. The van der Waals surface area contributed by atoms with E-state index in [2.05, 4.69) is 10.4 Å². The van der Waals surface area contributed by atoms with Crippen molar-refractivity contribution in [3.05, 3.63) is 52.3 Å². The SMILES string of the molecule is Cn1ncc2c1CCC[C@@H]2NC(=O)COCc1ccccc1Cl. The van der Waals surface area contributed by atoms with Crippen LogP contribution < -0.4 is 5.32 Å². The summed E-state index contributed by atoms with van der Waals surface area (Å²) in [6.45, 7) is 0.354. The van der Waals surface area contributed by atoms with Gasteiger partial charge in [-0.2, -0.15) is 5.10 Å². The standard InChI is InChI=1S/C17H20ClN3O2/c1-21-16-8-4-7-15(13(16)9-19-21)20-17(22)11-23-10-12-5-2-3-6-14(12)18/h2-3,5-6,9,15H,4,7-8,10-11H2,1H3,(H,20,22)/t15-/m0/s1. The fraction of sp³-hybridized carbons (Fsp3) is 0.412. The first-order chi connectivity index (χ1) is 11.1. The van der Waals surface area contributed by atoms with Gasteiger partial charge in [0.15, 0.2) is 0 Å². The van der Waals surface area contributed by atoms with Gasteiger partial charge in [-0.15, -0.1) is 0 Å². The normalized spacial score (nSPS) is 16.9. The van der Waals surface area contributed by atoms with Crippen molar-refractivity contribution in [3.8, 4) is 0 Å². The van der Waals surface area contributed by atoms with Gasteiger partial charge >= 0.3 is 0 Å². The smallest absolute Gasteiger partial charge is 0.246 e. The van der Waals surface area contributed by atoms with Crippen LogP contribution in [-0.4, -0.2) is 22.3 Å². The van der Waals surface area contributed by atoms with Crippen molar-refractivity contribution in [2.75, 3.05) is 6.61 Å². The largest absolute Gasteiger partial charge is 0.367 e. The number of benzene rings is 1. The van der Waals surface area contributed by atoms with Gasteiger partial charge in [0, 0.05) is 23.3 Å². The molecule has 23 heavy (non-hydrogen) atoms. The molecule has 1 aliphatic carbocycles. The summed E-state index contributed by atoms with van der Waals surface area (Å²) in [5.41, 5.74) is 3.21. The number of aryl methyl sites for hydroxylation is 1. The van der Waals surface area contributed by atoms with Gasteiger partial charge in [-0.3, -0.25) is 9.48 Å². The molecule has 0 unspecified atom stereocenters. The third-order valence-electron chi connectivity index (χ3n) is 4.16. The van der Waals surface area contributed by atoms with Crippen molar-refractivity contribution >= 4 is 17.5 Å². The maximum atomic E-state index is 12.1. The van der Waals surface area contributed by atoms with E-state index < -0.39 is 0 Å². The molecule has 1 aromatic heterocycles. The number of fused-ring (bicyclic) bond motifs is 1. The minimum Gasteiger partial charge on any atom is -0.367 e. The summed E-state index contributed by atoms with van der Waals surface area (Å²) in [5.74, 6) is -0.112. The second kappa shape index (κ2) is 7.15. The number of carbonyl (C=O) groups excluding carboxylic acids is 1. The monoisotopic (exact) mass is 333 g/mol. The van der Waals surface area contributed by atoms with Crippen LogP contribution in [0.15, 0.2) is 30.5 Å². The molecule has 6 heteroatoms. The lowest BCUT2D eigenvalue weighted by Gasteiger charge is -2.23. The van der Waals surface area contributed by atoms with Crippen molar-refractivity contribution in [2.45, 2.75) is 31.9 Å². The highest BCUT2D eigenvalue weighted by atomic mass is 35.5. The van der Waals surface area contributed by atoms with Crippen LogP contribution in [0, 0.1) is 0 Å². The second-order valence-electron chi connectivity index (χ2n) is 5.77. The van der Waals surface area contributed by atoms with Gasteiger partial charge < -0.3 is 10.1 Å². The molecular weight excluding hydrogens is 314 g/mol. The third kappa shape index (κ3) is 3.74. The van der Waals surface area contributed by atoms with E-state index in [1.165, 1.54) is 5.69 Å². The summed E-state index contributed by atoms with van der Waals surface area (Å²) in [6.07, 6.45) is 4.86. The van der Waals surface area contributed by atoms with E-state index in [9.17, 15) is 4.79 Å². The zero-order valence-corrected chi connectivity index (χ0v) is 13.8. The lowest BCUT2D eigenvalue weighted by molar-refractivity contribution is -0.127. The summed E-state index contributed by atoms with van der Waals surface area (Å²) in [5, 5.41) is 7.98. The van der Waals surface area contributed by atoms with Crippen molar-refractivity contribution in [2.24, 2.45) is 7.05 Å². The van der Waals surface area contributed by atoms with Crippen molar-refractivity contribution in [1.82, 2.24) is 15.1 Å². The van der Waals surface area contributed by atoms with E-state index in [4.69, 9.17) is 16.3 Å². The number of rotatable bonds is 5. The van der Waals surface area contributed by atoms with Crippen LogP contribution in [0.1, 0.15) is 35.7 Å².